The minimum Gasteiger partial charge on any atom is -0.454 e. The maximum Gasteiger partial charge on any atom is 0.258 e. The van der Waals surface area contributed by atoms with E-state index < -0.39 is 0 Å². The molecule has 0 radical (unpaired) electrons. The number of hydrogen-bond acceptors (Lipinski definition) is 6. The van der Waals surface area contributed by atoms with E-state index in [1.54, 1.807) is 11.0 Å². The molecule has 1 saturated heterocycles. The van der Waals surface area contributed by atoms with E-state index in [1.165, 1.54) is 0 Å². The van der Waals surface area contributed by atoms with Crippen molar-refractivity contribution in [3.63, 3.8) is 0 Å². The van der Waals surface area contributed by atoms with Gasteiger partial charge in [0.15, 0.2) is 17.3 Å². The Balaban J connectivity index is 1.37. The molecule has 0 spiro atoms. The summed E-state index contributed by atoms with van der Waals surface area (Å²) < 4.78 is 16.1. The lowest BCUT2D eigenvalue weighted by Crippen LogP contribution is -2.24. The largest absolute Gasteiger partial charge is 0.454 e. The first-order valence-electron chi connectivity index (χ1n) is 8.88. The average Bonchev–Trinajstić information content (AvgIpc) is 3.42. The summed E-state index contributed by atoms with van der Waals surface area (Å²) in [4.78, 5) is 18.8. The Morgan fingerprint density at radius 1 is 1.14 bits per heavy atom. The monoisotopic (exact) mass is 397 g/mol. The van der Waals surface area contributed by atoms with Crippen LogP contribution < -0.4 is 14.4 Å². The van der Waals surface area contributed by atoms with Crippen LogP contribution in [0, 0.1) is 6.92 Å². The van der Waals surface area contributed by atoms with Crippen molar-refractivity contribution in [1.82, 2.24) is 10.1 Å². The van der Waals surface area contributed by atoms with Crippen molar-refractivity contribution in [3.8, 4) is 23.0 Å². The van der Waals surface area contributed by atoms with Crippen molar-refractivity contribution < 1.29 is 18.8 Å². The van der Waals surface area contributed by atoms with E-state index in [2.05, 4.69) is 10.1 Å². The van der Waals surface area contributed by atoms with Crippen molar-refractivity contribution in [3.05, 3.63) is 52.8 Å². The van der Waals surface area contributed by atoms with Crippen molar-refractivity contribution in [2.75, 3.05) is 18.2 Å². The summed E-state index contributed by atoms with van der Waals surface area (Å²) in [6.07, 6.45) is 0.335. The summed E-state index contributed by atoms with van der Waals surface area (Å²) in [7, 11) is 0. The van der Waals surface area contributed by atoms with Crippen molar-refractivity contribution >= 4 is 23.2 Å². The van der Waals surface area contributed by atoms with Gasteiger partial charge in [-0.1, -0.05) is 16.8 Å². The molecule has 2 aliphatic heterocycles. The molecule has 0 bridgehead atoms. The second-order valence-electron chi connectivity index (χ2n) is 6.86. The van der Waals surface area contributed by atoms with Crippen LogP contribution >= 0.6 is 11.6 Å². The number of halogens is 1. The van der Waals surface area contributed by atoms with E-state index in [4.69, 9.17) is 25.6 Å². The molecule has 142 valence electrons. The summed E-state index contributed by atoms with van der Waals surface area (Å²) in [6.45, 7) is 2.62. The second kappa shape index (κ2) is 6.53. The van der Waals surface area contributed by atoms with Crippen LogP contribution in [-0.2, 0) is 4.79 Å². The Morgan fingerprint density at radius 2 is 2.00 bits per heavy atom. The first kappa shape index (κ1) is 17.1. The summed E-state index contributed by atoms with van der Waals surface area (Å²) >= 11 is 6.09. The van der Waals surface area contributed by atoms with Crippen LogP contribution in [-0.4, -0.2) is 29.4 Å². The van der Waals surface area contributed by atoms with Crippen LogP contribution in [0.3, 0.4) is 0 Å². The average molecular weight is 398 g/mol. The van der Waals surface area contributed by atoms with Crippen molar-refractivity contribution in [1.29, 1.82) is 0 Å². The highest BCUT2D eigenvalue weighted by atomic mass is 35.5. The van der Waals surface area contributed by atoms with Gasteiger partial charge >= 0.3 is 0 Å². The first-order chi connectivity index (χ1) is 13.6. The summed E-state index contributed by atoms with van der Waals surface area (Å²) in [6, 6.07) is 11.0. The van der Waals surface area contributed by atoms with Crippen LogP contribution in [0.2, 0.25) is 5.02 Å². The fraction of sp³-hybridized carbons (Fsp3) is 0.250. The Morgan fingerprint density at radius 3 is 2.86 bits per heavy atom. The number of benzene rings is 2. The molecule has 0 saturated carbocycles. The second-order valence-corrected chi connectivity index (χ2v) is 7.27. The van der Waals surface area contributed by atoms with E-state index in [-0.39, 0.29) is 18.6 Å². The molecule has 7 nitrogen and oxygen atoms in total. The van der Waals surface area contributed by atoms with Gasteiger partial charge in [-0.2, -0.15) is 4.98 Å². The Labute approximate surface area is 165 Å². The van der Waals surface area contributed by atoms with Gasteiger partial charge in [0.25, 0.3) is 5.89 Å². The van der Waals surface area contributed by atoms with E-state index in [0.717, 1.165) is 16.8 Å². The molecule has 2 aliphatic rings. The minimum absolute atomic E-state index is 0.0288. The molecule has 1 aromatic heterocycles. The van der Waals surface area contributed by atoms with E-state index >= 15 is 0 Å². The molecule has 3 aromatic rings. The number of hydrogen-bond donors (Lipinski definition) is 0. The number of carbonyl (C=O) groups is 1. The number of aryl methyl sites for hydroxylation is 1. The molecule has 1 atom stereocenters. The zero-order valence-corrected chi connectivity index (χ0v) is 15.8. The molecule has 3 heterocycles. The van der Waals surface area contributed by atoms with Crippen LogP contribution in [0.25, 0.3) is 11.5 Å². The number of ether oxygens (including phenoxy) is 2. The molecule has 8 heteroatoms. The fourth-order valence-corrected chi connectivity index (χ4v) is 3.59. The van der Waals surface area contributed by atoms with E-state index in [1.807, 2.05) is 37.3 Å². The lowest BCUT2D eigenvalue weighted by atomic mass is 10.1. The molecular formula is C20H16ClN3O4. The SMILES string of the molecule is Cc1cc(N2CC(c3noc(-c4ccc5c(c4)OCO5)n3)CC2=O)ccc1Cl. The smallest absolute Gasteiger partial charge is 0.258 e. The minimum atomic E-state index is -0.130. The number of anilines is 1. The van der Waals surface area contributed by atoms with Crippen LogP contribution in [0.4, 0.5) is 5.69 Å². The highest BCUT2D eigenvalue weighted by Gasteiger charge is 2.35. The van der Waals surface area contributed by atoms with Gasteiger partial charge in [0.1, 0.15) is 0 Å². The normalized spacial score (nSPS) is 18.1. The van der Waals surface area contributed by atoms with Crippen molar-refractivity contribution in [2.24, 2.45) is 0 Å². The Bertz CT molecular complexity index is 1080. The number of carbonyl (C=O) groups excluding carboxylic acids is 1. The predicted octanol–water partition coefficient (Wildman–Crippen LogP) is 3.95. The van der Waals surface area contributed by atoms with E-state index in [9.17, 15) is 4.79 Å². The van der Waals surface area contributed by atoms with Crippen LogP contribution in [0.5, 0.6) is 11.5 Å². The topological polar surface area (TPSA) is 77.7 Å². The maximum absolute atomic E-state index is 12.5. The molecule has 1 amide bonds. The van der Waals surface area contributed by atoms with Gasteiger partial charge in [-0.15, -0.1) is 0 Å². The van der Waals surface area contributed by atoms with Gasteiger partial charge < -0.3 is 18.9 Å². The molecular weight excluding hydrogens is 382 g/mol. The molecule has 2 aromatic carbocycles. The highest BCUT2D eigenvalue weighted by Crippen LogP contribution is 2.37. The first-order valence-corrected chi connectivity index (χ1v) is 9.26. The van der Waals surface area contributed by atoms with Gasteiger partial charge in [0, 0.05) is 35.2 Å². The number of aromatic nitrogens is 2. The standard InChI is InChI=1S/C20H16ClN3O4/c1-11-6-14(3-4-15(11)21)24-9-13(8-18(24)25)19-22-20(28-23-19)12-2-5-16-17(7-12)27-10-26-16/h2-7,13H,8-10H2,1H3. The highest BCUT2D eigenvalue weighted by molar-refractivity contribution is 6.31. The Hall–Kier alpha value is -3.06. The quantitative estimate of drug-likeness (QED) is 0.666. The van der Waals surface area contributed by atoms with Gasteiger partial charge in [0.05, 0.1) is 0 Å². The summed E-state index contributed by atoms with van der Waals surface area (Å²) in [5.74, 6) is 2.16. The molecule has 28 heavy (non-hydrogen) atoms. The third-order valence-corrected chi connectivity index (χ3v) is 5.43. The maximum atomic E-state index is 12.5. The molecule has 5 rings (SSSR count). The lowest BCUT2D eigenvalue weighted by Gasteiger charge is -2.17. The third-order valence-electron chi connectivity index (χ3n) is 5.00. The molecule has 0 aliphatic carbocycles. The number of rotatable bonds is 3. The molecule has 0 N–H and O–H groups in total. The van der Waals surface area contributed by atoms with Crippen molar-refractivity contribution in [2.45, 2.75) is 19.3 Å². The number of fused-ring (bicyclic) bond motifs is 1. The van der Waals surface area contributed by atoms with Gasteiger partial charge in [-0.05, 0) is 48.9 Å². The number of nitrogens with zero attached hydrogens (tertiary/aromatic N) is 3. The summed E-state index contributed by atoms with van der Waals surface area (Å²) in [5, 5.41) is 4.78. The molecule has 1 unspecified atom stereocenters. The van der Waals surface area contributed by atoms with E-state index in [0.29, 0.717) is 41.2 Å². The Kier molecular flexibility index (Phi) is 3.98. The van der Waals surface area contributed by atoms with Crippen LogP contribution in [0.15, 0.2) is 40.9 Å². The third kappa shape index (κ3) is 2.88. The summed E-state index contributed by atoms with van der Waals surface area (Å²) in [5.41, 5.74) is 2.51. The zero-order chi connectivity index (χ0) is 19.3. The zero-order valence-electron chi connectivity index (χ0n) is 15.0. The van der Waals surface area contributed by atoms with Gasteiger partial charge in [-0.3, -0.25) is 4.79 Å². The predicted molar refractivity (Wildman–Crippen MR) is 102 cm³/mol. The van der Waals surface area contributed by atoms with Gasteiger partial charge in [0.2, 0.25) is 12.7 Å². The lowest BCUT2D eigenvalue weighted by molar-refractivity contribution is -0.117. The number of amides is 1. The fourth-order valence-electron chi connectivity index (χ4n) is 3.47. The van der Waals surface area contributed by atoms with Gasteiger partial charge in [-0.25, -0.2) is 0 Å². The van der Waals surface area contributed by atoms with Crippen LogP contribution in [0.1, 0.15) is 23.7 Å². The molecule has 1 fully saturated rings.